The van der Waals surface area contributed by atoms with Crippen LogP contribution in [0.15, 0.2) is 76.8 Å². The van der Waals surface area contributed by atoms with Crippen LogP contribution in [0.3, 0.4) is 0 Å². The van der Waals surface area contributed by atoms with Crippen molar-refractivity contribution in [3.05, 3.63) is 89.2 Å². The molecule has 216 valence electrons. The molecule has 1 saturated carbocycles. The molecule has 42 heavy (non-hydrogen) atoms. The van der Waals surface area contributed by atoms with Crippen molar-refractivity contribution in [2.24, 2.45) is 27.6 Å². The van der Waals surface area contributed by atoms with Gasteiger partial charge in [0, 0.05) is 49.4 Å². The number of carbonyl (C=O) groups excluding carboxylic acids is 1. The second kappa shape index (κ2) is 10.6. The van der Waals surface area contributed by atoms with E-state index in [0.29, 0.717) is 36.2 Å². The van der Waals surface area contributed by atoms with Crippen LogP contribution in [-0.2, 0) is 20.4 Å². The third-order valence-electron chi connectivity index (χ3n) is 7.57. The van der Waals surface area contributed by atoms with Crippen LogP contribution in [0.1, 0.15) is 22.4 Å². The van der Waals surface area contributed by atoms with Crippen LogP contribution in [0.5, 0.6) is 0 Å². The quantitative estimate of drug-likeness (QED) is 0.313. The van der Waals surface area contributed by atoms with Gasteiger partial charge in [0.2, 0.25) is 12.1 Å². The molecule has 0 bridgehead atoms. The summed E-state index contributed by atoms with van der Waals surface area (Å²) in [4.78, 5) is 27.4. The number of nitrogens with one attached hydrogen (secondary N) is 2. The number of nitrogens with zero attached hydrogens (tertiary/aromatic N) is 4. The number of aromatic nitrogens is 1. The fourth-order valence-electron chi connectivity index (χ4n) is 5.50. The van der Waals surface area contributed by atoms with Gasteiger partial charge in [0.05, 0.1) is 28.8 Å². The number of piperidine rings is 1. The van der Waals surface area contributed by atoms with Crippen molar-refractivity contribution in [3.63, 3.8) is 0 Å². The molecule has 6 rings (SSSR count). The van der Waals surface area contributed by atoms with Crippen molar-refractivity contribution in [2.75, 3.05) is 30.4 Å². The van der Waals surface area contributed by atoms with Gasteiger partial charge in [0.25, 0.3) is 11.9 Å². The lowest BCUT2D eigenvalue weighted by Gasteiger charge is -2.25. The summed E-state index contributed by atoms with van der Waals surface area (Å²) in [6.07, 6.45) is -5.27. The Bertz CT molecular complexity index is 1600. The first-order valence-electron chi connectivity index (χ1n) is 13.1. The maximum Gasteiger partial charge on any atom is 0.417 e. The van der Waals surface area contributed by atoms with Crippen molar-refractivity contribution in [2.45, 2.75) is 18.4 Å². The zero-order valence-electron chi connectivity index (χ0n) is 22.3. The number of methoxy groups -OCH3 is 1. The molecule has 1 aliphatic carbocycles. The summed E-state index contributed by atoms with van der Waals surface area (Å²) in [5, 5.41) is 11.3. The van der Waals surface area contributed by atoms with Crippen molar-refractivity contribution >= 4 is 34.9 Å². The number of anilines is 2. The van der Waals surface area contributed by atoms with Gasteiger partial charge in [-0.3, -0.25) is 10.2 Å². The number of amidine groups is 1. The van der Waals surface area contributed by atoms with E-state index in [0.717, 1.165) is 11.6 Å². The molecule has 1 saturated heterocycles. The standard InChI is InChI=1S/C29H26F3N7O3/c1-41-24-18-13-39(14-19(18)24)21-11-16(29(30,31)32)12-35-23(21)25(33)42-28(34)38-26-27(40)36-20-10-6-5-9-17(20)22(37-26)15-7-3-2-4-8-15/h2-12,18-19,24,26,33H,13-14H2,1H3,(H2,34,38)(H,36,40)/t18?,19?,24?,26-/m1/s1. The van der Waals surface area contributed by atoms with Crippen LogP contribution in [0.4, 0.5) is 24.5 Å². The molecule has 2 aliphatic heterocycles. The summed E-state index contributed by atoms with van der Waals surface area (Å²) in [6.45, 7) is 0.908. The molecular formula is C29H26F3N7O3. The Morgan fingerprint density at radius 2 is 1.81 bits per heavy atom. The van der Waals surface area contributed by atoms with Crippen LogP contribution in [0.25, 0.3) is 0 Å². The van der Waals surface area contributed by atoms with Gasteiger partial charge < -0.3 is 25.4 Å². The molecule has 2 aromatic carbocycles. The van der Waals surface area contributed by atoms with Crippen molar-refractivity contribution in [1.82, 2.24) is 4.98 Å². The van der Waals surface area contributed by atoms with Crippen LogP contribution < -0.4 is 16.0 Å². The molecule has 1 aromatic heterocycles. The number of hydrogen-bond donors (Lipinski definition) is 3. The topological polar surface area (TPSA) is 138 Å². The number of alkyl halides is 3. The molecule has 13 heteroatoms. The van der Waals surface area contributed by atoms with Gasteiger partial charge in [-0.1, -0.05) is 48.5 Å². The number of hydrogen-bond acceptors (Lipinski definition) is 8. The number of para-hydroxylation sites is 1. The zero-order valence-corrected chi connectivity index (χ0v) is 22.3. The normalized spacial score (nSPS) is 23.3. The van der Waals surface area contributed by atoms with E-state index in [1.165, 1.54) is 0 Å². The number of amides is 1. The van der Waals surface area contributed by atoms with Crippen molar-refractivity contribution < 1.29 is 27.4 Å². The Kier molecular flexibility index (Phi) is 6.89. The number of pyridine rings is 1. The number of rotatable bonds is 5. The van der Waals surface area contributed by atoms with E-state index < -0.39 is 35.7 Å². The number of fused-ring (bicyclic) bond motifs is 2. The molecule has 3 heterocycles. The van der Waals surface area contributed by atoms with E-state index in [2.05, 4.69) is 20.3 Å². The molecule has 0 spiro atoms. The summed E-state index contributed by atoms with van der Waals surface area (Å²) in [6, 6.07) is 16.8. The molecule has 2 unspecified atom stereocenters. The number of benzene rings is 2. The minimum Gasteiger partial charge on any atom is -0.405 e. The smallest absolute Gasteiger partial charge is 0.405 e. The zero-order chi connectivity index (χ0) is 29.6. The Balaban J connectivity index is 1.28. The highest BCUT2D eigenvalue weighted by atomic mass is 19.4. The number of benzodiazepines with no additional fused rings is 1. The van der Waals surface area contributed by atoms with Crippen LogP contribution in [-0.4, -0.2) is 61.0 Å². The van der Waals surface area contributed by atoms with Gasteiger partial charge in [-0.05, 0) is 12.1 Å². The molecule has 2 fully saturated rings. The summed E-state index contributed by atoms with van der Waals surface area (Å²) < 4.78 is 51.4. The molecule has 0 radical (unpaired) electrons. The molecule has 3 aromatic rings. The monoisotopic (exact) mass is 577 g/mol. The number of ether oxygens (including phenoxy) is 2. The Morgan fingerprint density at radius 1 is 1.12 bits per heavy atom. The molecular weight excluding hydrogens is 551 g/mol. The number of halogens is 3. The highest BCUT2D eigenvalue weighted by Gasteiger charge is 2.57. The van der Waals surface area contributed by atoms with E-state index in [-0.39, 0.29) is 29.3 Å². The first-order valence-corrected chi connectivity index (χ1v) is 13.1. The summed E-state index contributed by atoms with van der Waals surface area (Å²) in [5.74, 6) is -0.820. The maximum atomic E-state index is 13.5. The average Bonchev–Trinajstić information content (AvgIpc) is 3.49. The van der Waals surface area contributed by atoms with Gasteiger partial charge >= 0.3 is 6.18 Å². The minimum absolute atomic E-state index is 0.0696. The van der Waals surface area contributed by atoms with E-state index in [1.807, 2.05) is 42.5 Å². The predicted octanol–water partition coefficient (Wildman–Crippen LogP) is 3.65. The largest absolute Gasteiger partial charge is 0.417 e. The van der Waals surface area contributed by atoms with Crippen molar-refractivity contribution in [3.8, 4) is 0 Å². The highest BCUT2D eigenvalue weighted by molar-refractivity contribution is 6.19. The van der Waals surface area contributed by atoms with E-state index in [9.17, 15) is 18.0 Å². The first kappa shape index (κ1) is 27.4. The molecule has 1 amide bonds. The number of carbonyl (C=O) groups is 1. The van der Waals surface area contributed by atoms with Gasteiger partial charge in [-0.2, -0.15) is 18.2 Å². The third-order valence-corrected chi connectivity index (χ3v) is 7.57. The summed E-state index contributed by atoms with van der Waals surface area (Å²) >= 11 is 0. The second-order valence-electron chi connectivity index (χ2n) is 10.2. The molecule has 10 nitrogen and oxygen atoms in total. The summed E-state index contributed by atoms with van der Waals surface area (Å²) in [5.41, 5.74) is 7.48. The van der Waals surface area contributed by atoms with Crippen LogP contribution in [0, 0.1) is 17.2 Å². The van der Waals surface area contributed by atoms with E-state index in [4.69, 9.17) is 20.6 Å². The Labute approximate surface area is 238 Å². The highest BCUT2D eigenvalue weighted by Crippen LogP contribution is 2.49. The van der Waals surface area contributed by atoms with E-state index in [1.54, 1.807) is 24.1 Å². The van der Waals surface area contributed by atoms with Gasteiger partial charge in [-0.25, -0.2) is 9.98 Å². The average molecular weight is 578 g/mol. The minimum atomic E-state index is -4.62. The lowest BCUT2D eigenvalue weighted by atomic mass is 10.0. The first-order chi connectivity index (χ1) is 20.1. The molecule has 3 atom stereocenters. The Hall–Kier alpha value is -4.78. The Morgan fingerprint density at radius 3 is 2.50 bits per heavy atom. The maximum absolute atomic E-state index is 13.5. The summed E-state index contributed by atoms with van der Waals surface area (Å²) in [7, 11) is 1.61. The van der Waals surface area contributed by atoms with Crippen molar-refractivity contribution in [1.29, 1.82) is 5.41 Å². The second-order valence-corrected chi connectivity index (χ2v) is 10.2. The van der Waals surface area contributed by atoms with Gasteiger partial charge in [0.1, 0.15) is 5.69 Å². The van der Waals surface area contributed by atoms with E-state index >= 15 is 0 Å². The SMILES string of the molecule is COC1C2CN(c3cc(C(F)(F)F)cnc3C(=N)OC(N)=N[C@H]3N=C(c4ccccc4)c4ccccc4NC3=O)CC21. The lowest BCUT2D eigenvalue weighted by molar-refractivity contribution is -0.137. The molecule has 3 aliphatic rings. The fourth-order valence-corrected chi connectivity index (χ4v) is 5.50. The van der Waals surface area contributed by atoms with Gasteiger partial charge in [0.15, 0.2) is 0 Å². The van der Waals surface area contributed by atoms with Crippen LogP contribution >= 0.6 is 0 Å². The van der Waals surface area contributed by atoms with Gasteiger partial charge in [-0.15, -0.1) is 0 Å². The molecule has 4 N–H and O–H groups in total. The number of aliphatic imine (C=N–C) groups is 2. The predicted molar refractivity (Wildman–Crippen MR) is 150 cm³/mol. The number of nitrogens with two attached hydrogens (primary N) is 1. The fraction of sp³-hybridized carbons (Fsp3) is 0.276. The lowest BCUT2D eigenvalue weighted by Crippen LogP contribution is -2.31. The third kappa shape index (κ3) is 5.18. The van der Waals surface area contributed by atoms with Crippen LogP contribution in [0.2, 0.25) is 0 Å².